The molecule has 2 amide bonds. The molecule has 0 radical (unpaired) electrons. The molecule has 90 valence electrons. The van der Waals surface area contributed by atoms with Crippen LogP contribution in [0.25, 0.3) is 0 Å². The van der Waals surface area contributed by atoms with Crippen molar-refractivity contribution in [3.8, 4) is 0 Å². The first-order chi connectivity index (χ1) is 8.00. The zero-order valence-electron chi connectivity index (χ0n) is 8.82. The van der Waals surface area contributed by atoms with E-state index in [0.29, 0.717) is 17.1 Å². The number of rotatable bonds is 1. The Morgan fingerprint density at radius 2 is 2.00 bits per heavy atom. The van der Waals surface area contributed by atoms with Gasteiger partial charge in [0.15, 0.2) is 0 Å². The minimum absolute atomic E-state index is 0.242. The number of nitrogens with two attached hydrogens (primary N) is 1. The van der Waals surface area contributed by atoms with Gasteiger partial charge in [-0.2, -0.15) is 0 Å². The lowest BCUT2D eigenvalue weighted by Crippen LogP contribution is -2.51. The van der Waals surface area contributed by atoms with Crippen LogP contribution in [-0.2, 0) is 9.59 Å². The molecule has 1 saturated heterocycles. The average Bonchev–Trinajstić information content (AvgIpc) is 2.27. The van der Waals surface area contributed by atoms with Crippen LogP contribution in [-0.4, -0.2) is 17.9 Å². The molecule has 1 fully saturated rings. The van der Waals surface area contributed by atoms with Gasteiger partial charge in [-0.05, 0) is 24.6 Å². The molecule has 4 nitrogen and oxygen atoms in total. The van der Waals surface area contributed by atoms with Gasteiger partial charge in [-0.25, -0.2) is 4.90 Å². The van der Waals surface area contributed by atoms with Crippen LogP contribution in [0.3, 0.4) is 0 Å². The number of halogens is 2. The van der Waals surface area contributed by atoms with E-state index in [-0.39, 0.29) is 17.4 Å². The second-order valence-electron chi connectivity index (χ2n) is 3.81. The number of hydrogen-bond acceptors (Lipinski definition) is 3. The third-order valence-electron chi connectivity index (χ3n) is 2.61. The number of carbonyl (C=O) groups excluding carboxylic acids is 2. The number of anilines is 1. The van der Waals surface area contributed by atoms with Gasteiger partial charge in [0.25, 0.3) is 5.91 Å². The fraction of sp³-hybridized carbons (Fsp3) is 0.273. The van der Waals surface area contributed by atoms with Gasteiger partial charge in [-0.15, -0.1) is 0 Å². The van der Waals surface area contributed by atoms with E-state index in [9.17, 15) is 9.59 Å². The lowest BCUT2D eigenvalue weighted by Gasteiger charge is -2.29. The predicted octanol–water partition coefficient (Wildman–Crippen LogP) is 1.97. The summed E-state index contributed by atoms with van der Waals surface area (Å²) in [7, 11) is 0. The van der Waals surface area contributed by atoms with E-state index < -0.39 is 11.9 Å². The standard InChI is InChI=1S/C11H10Cl2N2O2/c12-6-1-3-9(7(13)5-6)15-10(16)4-2-8(14)11(15)17/h1,3,5,8H,2,4,14H2. The first kappa shape index (κ1) is 12.4. The number of benzene rings is 1. The number of hydrogen-bond donors (Lipinski definition) is 1. The van der Waals surface area contributed by atoms with Gasteiger partial charge in [0.05, 0.1) is 16.8 Å². The third kappa shape index (κ3) is 2.29. The molecule has 2 N–H and O–H groups in total. The van der Waals surface area contributed by atoms with Crippen molar-refractivity contribution < 1.29 is 9.59 Å². The van der Waals surface area contributed by atoms with Gasteiger partial charge >= 0.3 is 0 Å². The highest BCUT2D eigenvalue weighted by molar-refractivity contribution is 6.38. The van der Waals surface area contributed by atoms with Crippen molar-refractivity contribution in [3.63, 3.8) is 0 Å². The maximum Gasteiger partial charge on any atom is 0.250 e. The molecule has 1 atom stereocenters. The zero-order chi connectivity index (χ0) is 12.6. The summed E-state index contributed by atoms with van der Waals surface area (Å²) >= 11 is 11.7. The molecule has 1 aromatic rings. The van der Waals surface area contributed by atoms with Crippen molar-refractivity contribution in [2.45, 2.75) is 18.9 Å². The molecule has 0 aromatic heterocycles. The monoisotopic (exact) mass is 272 g/mol. The second kappa shape index (κ2) is 4.64. The van der Waals surface area contributed by atoms with Gasteiger partial charge in [-0.3, -0.25) is 9.59 Å². The Labute approximate surface area is 108 Å². The highest BCUT2D eigenvalue weighted by Gasteiger charge is 2.34. The largest absolute Gasteiger partial charge is 0.320 e. The van der Waals surface area contributed by atoms with Crippen LogP contribution >= 0.6 is 23.2 Å². The molecule has 1 aliphatic rings. The van der Waals surface area contributed by atoms with E-state index >= 15 is 0 Å². The van der Waals surface area contributed by atoms with Gasteiger partial charge in [0.2, 0.25) is 5.91 Å². The number of imide groups is 1. The van der Waals surface area contributed by atoms with Crippen molar-refractivity contribution in [3.05, 3.63) is 28.2 Å². The minimum Gasteiger partial charge on any atom is -0.320 e. The van der Waals surface area contributed by atoms with E-state index in [0.717, 1.165) is 4.90 Å². The molecule has 1 aromatic carbocycles. The van der Waals surface area contributed by atoms with Crippen LogP contribution in [0.2, 0.25) is 10.0 Å². The van der Waals surface area contributed by atoms with E-state index in [1.165, 1.54) is 6.07 Å². The van der Waals surface area contributed by atoms with Crippen LogP contribution in [0.4, 0.5) is 5.69 Å². The smallest absolute Gasteiger partial charge is 0.250 e. The third-order valence-corrected chi connectivity index (χ3v) is 3.14. The van der Waals surface area contributed by atoms with Crippen molar-refractivity contribution in [1.29, 1.82) is 0 Å². The number of carbonyl (C=O) groups is 2. The summed E-state index contributed by atoms with van der Waals surface area (Å²) in [5, 5.41) is 0.702. The molecule has 1 aliphatic heterocycles. The van der Waals surface area contributed by atoms with E-state index in [2.05, 4.69) is 0 Å². The number of nitrogens with zero attached hydrogens (tertiary/aromatic N) is 1. The zero-order valence-corrected chi connectivity index (χ0v) is 10.3. The molecular weight excluding hydrogens is 263 g/mol. The Balaban J connectivity index is 2.43. The highest BCUT2D eigenvalue weighted by atomic mass is 35.5. The molecule has 0 bridgehead atoms. The lowest BCUT2D eigenvalue weighted by atomic mass is 10.0. The predicted molar refractivity (Wildman–Crippen MR) is 66.2 cm³/mol. The Morgan fingerprint density at radius 3 is 2.65 bits per heavy atom. The first-order valence-corrected chi connectivity index (χ1v) is 5.83. The summed E-state index contributed by atoms with van der Waals surface area (Å²) in [6, 6.07) is 3.95. The fourth-order valence-corrected chi connectivity index (χ4v) is 2.21. The van der Waals surface area contributed by atoms with Gasteiger partial charge in [0, 0.05) is 11.4 Å². The number of piperidine rings is 1. The normalized spacial score (nSPS) is 20.9. The molecule has 1 unspecified atom stereocenters. The Bertz CT molecular complexity index is 490. The van der Waals surface area contributed by atoms with Crippen LogP contribution in [0.15, 0.2) is 18.2 Å². The summed E-state index contributed by atoms with van der Waals surface area (Å²) in [6.45, 7) is 0. The van der Waals surface area contributed by atoms with Crippen molar-refractivity contribution in [2.75, 3.05) is 4.90 Å². The SMILES string of the molecule is NC1CCC(=O)N(c2ccc(Cl)cc2Cl)C1=O. The van der Waals surface area contributed by atoms with Gasteiger partial charge in [-0.1, -0.05) is 23.2 Å². The molecule has 0 saturated carbocycles. The average molecular weight is 273 g/mol. The van der Waals surface area contributed by atoms with Crippen LogP contribution < -0.4 is 10.6 Å². The number of amides is 2. The van der Waals surface area contributed by atoms with E-state index in [4.69, 9.17) is 28.9 Å². The molecular formula is C11H10Cl2N2O2. The van der Waals surface area contributed by atoms with E-state index in [1.807, 2.05) is 0 Å². The summed E-state index contributed by atoms with van der Waals surface area (Å²) in [5.41, 5.74) is 5.97. The maximum absolute atomic E-state index is 11.9. The van der Waals surface area contributed by atoms with Crippen LogP contribution in [0.5, 0.6) is 0 Å². The van der Waals surface area contributed by atoms with Gasteiger partial charge < -0.3 is 5.73 Å². The topological polar surface area (TPSA) is 63.4 Å². The summed E-state index contributed by atoms with van der Waals surface area (Å²) in [6.07, 6.45) is 0.616. The summed E-state index contributed by atoms with van der Waals surface area (Å²) < 4.78 is 0. The quantitative estimate of drug-likeness (QED) is 0.796. The molecule has 2 rings (SSSR count). The van der Waals surface area contributed by atoms with Crippen molar-refractivity contribution in [2.24, 2.45) is 5.73 Å². The summed E-state index contributed by atoms with van der Waals surface area (Å²) in [5.74, 6) is -0.716. The molecule has 0 aliphatic carbocycles. The molecule has 1 heterocycles. The molecule has 6 heteroatoms. The minimum atomic E-state index is -0.653. The van der Waals surface area contributed by atoms with E-state index in [1.54, 1.807) is 12.1 Å². The van der Waals surface area contributed by atoms with Crippen molar-refractivity contribution >= 4 is 40.7 Å². The second-order valence-corrected chi connectivity index (χ2v) is 4.65. The maximum atomic E-state index is 11.9. The molecule has 0 spiro atoms. The van der Waals surface area contributed by atoms with Crippen LogP contribution in [0.1, 0.15) is 12.8 Å². The highest BCUT2D eigenvalue weighted by Crippen LogP contribution is 2.31. The van der Waals surface area contributed by atoms with Gasteiger partial charge in [0.1, 0.15) is 0 Å². The lowest BCUT2D eigenvalue weighted by molar-refractivity contribution is -0.130. The molecule has 17 heavy (non-hydrogen) atoms. The van der Waals surface area contributed by atoms with Crippen LogP contribution in [0, 0.1) is 0 Å². The summed E-state index contributed by atoms with van der Waals surface area (Å²) in [4.78, 5) is 24.6. The fourth-order valence-electron chi connectivity index (χ4n) is 1.72. The Hall–Kier alpha value is -1.10. The Kier molecular flexibility index (Phi) is 3.38. The van der Waals surface area contributed by atoms with Crippen molar-refractivity contribution in [1.82, 2.24) is 0 Å². The Morgan fingerprint density at radius 1 is 1.29 bits per heavy atom. The first-order valence-electron chi connectivity index (χ1n) is 5.08.